The van der Waals surface area contributed by atoms with Gasteiger partial charge < -0.3 is 16.4 Å². The van der Waals surface area contributed by atoms with Crippen LogP contribution in [0.5, 0.6) is 0 Å². The molecule has 138 valence electrons. The summed E-state index contributed by atoms with van der Waals surface area (Å²) in [5.41, 5.74) is 6.71. The van der Waals surface area contributed by atoms with E-state index >= 15 is 0 Å². The van der Waals surface area contributed by atoms with Crippen molar-refractivity contribution in [2.45, 2.75) is 33.2 Å². The maximum atomic E-state index is 14.0. The number of nitrogens with one attached hydrogen (secondary N) is 2. The van der Waals surface area contributed by atoms with E-state index in [4.69, 9.17) is 5.73 Å². The topological polar surface area (TPSA) is 84.2 Å². The second kappa shape index (κ2) is 8.10. The van der Waals surface area contributed by atoms with Crippen molar-refractivity contribution in [3.8, 4) is 0 Å². The minimum absolute atomic E-state index is 0.00746. The van der Waals surface area contributed by atoms with E-state index in [1.165, 1.54) is 18.2 Å². The lowest BCUT2D eigenvalue weighted by atomic mass is 9.87. The first-order valence-corrected chi connectivity index (χ1v) is 8.36. The SMILES string of the molecule is CC(C)(C)[C@H](N)C(=O)Nc1ccc(F)c(NC(=O)Cc2ccccc2)c1. The highest BCUT2D eigenvalue weighted by Gasteiger charge is 2.27. The van der Waals surface area contributed by atoms with Gasteiger partial charge in [-0.1, -0.05) is 51.1 Å². The number of benzene rings is 2. The normalized spacial score (nSPS) is 12.3. The van der Waals surface area contributed by atoms with Gasteiger partial charge in [0.2, 0.25) is 11.8 Å². The smallest absolute Gasteiger partial charge is 0.241 e. The molecule has 0 aliphatic rings. The fourth-order valence-corrected chi connectivity index (χ4v) is 2.29. The van der Waals surface area contributed by atoms with Gasteiger partial charge in [-0.2, -0.15) is 0 Å². The average molecular weight is 357 g/mol. The van der Waals surface area contributed by atoms with Gasteiger partial charge in [0.15, 0.2) is 0 Å². The molecule has 0 aliphatic heterocycles. The minimum Gasteiger partial charge on any atom is -0.325 e. The van der Waals surface area contributed by atoms with Crippen molar-refractivity contribution in [2.75, 3.05) is 10.6 Å². The molecule has 6 heteroatoms. The Morgan fingerprint density at radius 3 is 2.35 bits per heavy atom. The molecule has 0 aliphatic carbocycles. The number of carbonyl (C=O) groups excluding carboxylic acids is 2. The molecule has 2 aromatic carbocycles. The van der Waals surface area contributed by atoms with Crippen LogP contribution in [0.2, 0.25) is 0 Å². The Labute approximate surface area is 152 Å². The molecule has 0 aromatic heterocycles. The lowest BCUT2D eigenvalue weighted by Crippen LogP contribution is -2.45. The number of carbonyl (C=O) groups is 2. The maximum absolute atomic E-state index is 14.0. The quantitative estimate of drug-likeness (QED) is 0.767. The highest BCUT2D eigenvalue weighted by molar-refractivity contribution is 5.97. The van der Waals surface area contributed by atoms with Crippen molar-refractivity contribution >= 4 is 23.2 Å². The number of amides is 2. The maximum Gasteiger partial charge on any atom is 0.241 e. The lowest BCUT2D eigenvalue weighted by Gasteiger charge is -2.25. The first-order valence-electron chi connectivity index (χ1n) is 8.36. The van der Waals surface area contributed by atoms with Crippen LogP contribution in [0.25, 0.3) is 0 Å². The second-order valence-corrected chi connectivity index (χ2v) is 7.24. The fraction of sp³-hybridized carbons (Fsp3) is 0.300. The Balaban J connectivity index is 2.07. The van der Waals surface area contributed by atoms with Crippen molar-refractivity contribution in [1.82, 2.24) is 0 Å². The largest absolute Gasteiger partial charge is 0.325 e. The van der Waals surface area contributed by atoms with Crippen LogP contribution >= 0.6 is 0 Å². The molecule has 26 heavy (non-hydrogen) atoms. The summed E-state index contributed by atoms with van der Waals surface area (Å²) in [7, 11) is 0. The summed E-state index contributed by atoms with van der Waals surface area (Å²) in [5.74, 6) is -1.29. The molecule has 0 bridgehead atoms. The molecule has 1 atom stereocenters. The zero-order valence-corrected chi connectivity index (χ0v) is 15.2. The van der Waals surface area contributed by atoms with Gasteiger partial charge in [0.05, 0.1) is 18.2 Å². The third kappa shape index (κ3) is 5.39. The summed E-state index contributed by atoms with van der Waals surface area (Å²) >= 11 is 0. The van der Waals surface area contributed by atoms with Crippen LogP contribution in [0.15, 0.2) is 48.5 Å². The minimum atomic E-state index is -0.719. The first-order chi connectivity index (χ1) is 12.2. The van der Waals surface area contributed by atoms with E-state index in [0.29, 0.717) is 5.69 Å². The van der Waals surface area contributed by atoms with Gasteiger partial charge in [0.25, 0.3) is 0 Å². The Morgan fingerprint density at radius 1 is 1.08 bits per heavy atom. The zero-order chi connectivity index (χ0) is 19.3. The molecule has 0 saturated carbocycles. The van der Waals surface area contributed by atoms with Gasteiger partial charge in [-0.3, -0.25) is 9.59 Å². The average Bonchev–Trinajstić information content (AvgIpc) is 2.57. The summed E-state index contributed by atoms with van der Waals surface area (Å²) in [6, 6.07) is 12.4. The standard InChI is InChI=1S/C20H24FN3O2/c1-20(2,3)18(22)19(26)23-14-9-10-15(21)16(12-14)24-17(25)11-13-7-5-4-6-8-13/h4-10,12,18H,11,22H2,1-3H3,(H,23,26)(H,24,25)/t18-/m1/s1. The summed E-state index contributed by atoms with van der Waals surface area (Å²) in [6.07, 6.45) is 0.131. The number of rotatable bonds is 5. The van der Waals surface area contributed by atoms with Crippen LogP contribution in [0, 0.1) is 11.2 Å². The molecule has 0 unspecified atom stereocenters. The molecular weight excluding hydrogens is 333 g/mol. The van der Waals surface area contributed by atoms with Crippen molar-refractivity contribution in [1.29, 1.82) is 0 Å². The molecule has 2 amide bonds. The molecule has 2 rings (SSSR count). The van der Waals surface area contributed by atoms with Crippen LogP contribution in [0.1, 0.15) is 26.3 Å². The van der Waals surface area contributed by atoms with Gasteiger partial charge in [0, 0.05) is 5.69 Å². The monoisotopic (exact) mass is 357 g/mol. The van der Waals surface area contributed by atoms with E-state index in [1.54, 1.807) is 0 Å². The molecule has 0 spiro atoms. The van der Waals surface area contributed by atoms with Crippen LogP contribution < -0.4 is 16.4 Å². The Hall–Kier alpha value is -2.73. The zero-order valence-electron chi connectivity index (χ0n) is 15.2. The molecule has 0 fully saturated rings. The summed E-state index contributed by atoms with van der Waals surface area (Å²) in [4.78, 5) is 24.3. The summed E-state index contributed by atoms with van der Waals surface area (Å²) < 4.78 is 14.0. The number of nitrogens with two attached hydrogens (primary N) is 1. The predicted molar refractivity (Wildman–Crippen MR) is 101 cm³/mol. The summed E-state index contributed by atoms with van der Waals surface area (Å²) in [5, 5.41) is 5.19. The fourth-order valence-electron chi connectivity index (χ4n) is 2.29. The van der Waals surface area contributed by atoms with E-state index in [2.05, 4.69) is 10.6 Å². The number of hydrogen-bond donors (Lipinski definition) is 3. The molecule has 5 nitrogen and oxygen atoms in total. The Morgan fingerprint density at radius 2 is 1.73 bits per heavy atom. The molecule has 2 aromatic rings. The summed E-state index contributed by atoms with van der Waals surface area (Å²) in [6.45, 7) is 5.57. The van der Waals surface area contributed by atoms with Crippen molar-refractivity contribution in [3.63, 3.8) is 0 Å². The lowest BCUT2D eigenvalue weighted by molar-refractivity contribution is -0.119. The van der Waals surface area contributed by atoms with E-state index in [1.807, 2.05) is 51.1 Å². The van der Waals surface area contributed by atoms with Crippen LogP contribution in [0.4, 0.5) is 15.8 Å². The van der Waals surface area contributed by atoms with E-state index in [0.717, 1.165) is 5.56 Å². The predicted octanol–water partition coefficient (Wildman–Crippen LogP) is 3.32. The highest BCUT2D eigenvalue weighted by Crippen LogP contribution is 2.22. The second-order valence-electron chi connectivity index (χ2n) is 7.24. The molecule has 0 radical (unpaired) electrons. The molecule has 0 saturated heterocycles. The number of anilines is 2. The van der Waals surface area contributed by atoms with Crippen molar-refractivity contribution < 1.29 is 14.0 Å². The molecule has 4 N–H and O–H groups in total. The van der Waals surface area contributed by atoms with Crippen LogP contribution in [0.3, 0.4) is 0 Å². The molecular formula is C20H24FN3O2. The third-order valence-corrected chi connectivity index (χ3v) is 3.93. The molecule has 0 heterocycles. The van der Waals surface area contributed by atoms with E-state index in [-0.39, 0.29) is 23.9 Å². The van der Waals surface area contributed by atoms with Crippen LogP contribution in [-0.2, 0) is 16.0 Å². The first kappa shape index (κ1) is 19.6. The van der Waals surface area contributed by atoms with Gasteiger partial charge in [-0.25, -0.2) is 4.39 Å². The van der Waals surface area contributed by atoms with Gasteiger partial charge in [-0.15, -0.1) is 0 Å². The van der Waals surface area contributed by atoms with Gasteiger partial charge in [-0.05, 0) is 29.2 Å². The van der Waals surface area contributed by atoms with Gasteiger partial charge in [0.1, 0.15) is 5.82 Å². The Kier molecular flexibility index (Phi) is 6.10. The Bertz CT molecular complexity index is 785. The van der Waals surface area contributed by atoms with E-state index < -0.39 is 17.3 Å². The van der Waals surface area contributed by atoms with Crippen LogP contribution in [-0.4, -0.2) is 17.9 Å². The number of hydrogen-bond acceptors (Lipinski definition) is 3. The van der Waals surface area contributed by atoms with Gasteiger partial charge >= 0.3 is 0 Å². The third-order valence-electron chi connectivity index (χ3n) is 3.93. The van der Waals surface area contributed by atoms with E-state index in [9.17, 15) is 14.0 Å². The van der Waals surface area contributed by atoms with Crippen molar-refractivity contribution in [3.05, 3.63) is 59.9 Å². The van der Waals surface area contributed by atoms with Crippen molar-refractivity contribution in [2.24, 2.45) is 11.1 Å². The number of halogens is 1. The highest BCUT2D eigenvalue weighted by atomic mass is 19.1.